The van der Waals surface area contributed by atoms with Gasteiger partial charge in [-0.05, 0) is 49.4 Å². The molecule has 4 aromatic rings. The molecule has 0 aliphatic heterocycles. The number of para-hydroxylation sites is 1. The first-order chi connectivity index (χ1) is 12.4. The van der Waals surface area contributed by atoms with Crippen LogP contribution in [0, 0.1) is 20.8 Å². The Morgan fingerprint density at radius 1 is 0.923 bits per heavy atom. The maximum absolute atomic E-state index is 6.37. The molecule has 0 fully saturated rings. The van der Waals surface area contributed by atoms with Crippen LogP contribution < -0.4 is 4.57 Å². The topological polar surface area (TPSA) is 17.0 Å². The maximum Gasteiger partial charge on any atom is 0.216 e. The van der Waals surface area contributed by atoms with Gasteiger partial charge in [-0.3, -0.25) is 0 Å². The van der Waals surface area contributed by atoms with E-state index in [4.69, 9.17) is 4.42 Å². The van der Waals surface area contributed by atoms with E-state index in [-0.39, 0.29) is 0 Å². The van der Waals surface area contributed by atoms with Crippen molar-refractivity contribution in [1.82, 2.24) is 0 Å². The van der Waals surface area contributed by atoms with Gasteiger partial charge in [-0.1, -0.05) is 38.1 Å². The summed E-state index contributed by atoms with van der Waals surface area (Å²) in [4.78, 5) is 0. The minimum atomic E-state index is 0.492. The molecule has 0 saturated heterocycles. The first kappa shape index (κ1) is 16.8. The lowest BCUT2D eigenvalue weighted by molar-refractivity contribution is -0.660. The Hall–Kier alpha value is -2.61. The molecule has 0 unspecified atom stereocenters. The lowest BCUT2D eigenvalue weighted by Gasteiger charge is -2.13. The number of benzene rings is 2. The van der Waals surface area contributed by atoms with Crippen molar-refractivity contribution in [3.05, 3.63) is 64.8 Å². The van der Waals surface area contributed by atoms with Crippen molar-refractivity contribution < 1.29 is 8.98 Å². The third-order valence-electron chi connectivity index (χ3n) is 5.44. The van der Waals surface area contributed by atoms with Gasteiger partial charge in [0.15, 0.2) is 6.20 Å². The number of hydrogen-bond acceptors (Lipinski definition) is 1. The van der Waals surface area contributed by atoms with Gasteiger partial charge in [0.05, 0.1) is 5.56 Å². The van der Waals surface area contributed by atoms with Gasteiger partial charge in [-0.25, -0.2) is 4.57 Å². The Morgan fingerprint density at radius 2 is 1.65 bits per heavy atom. The molecule has 4 rings (SSSR count). The zero-order valence-electron chi connectivity index (χ0n) is 16.5. The van der Waals surface area contributed by atoms with Crippen molar-refractivity contribution in [2.45, 2.75) is 40.5 Å². The van der Waals surface area contributed by atoms with E-state index in [2.05, 4.69) is 82.8 Å². The molecule has 0 spiro atoms. The molecule has 0 atom stereocenters. The van der Waals surface area contributed by atoms with Gasteiger partial charge < -0.3 is 4.42 Å². The number of rotatable bonds is 2. The summed E-state index contributed by atoms with van der Waals surface area (Å²) in [7, 11) is 2.13. The number of aryl methyl sites for hydroxylation is 4. The van der Waals surface area contributed by atoms with Crippen LogP contribution in [0.3, 0.4) is 0 Å². The van der Waals surface area contributed by atoms with E-state index >= 15 is 0 Å². The lowest BCUT2D eigenvalue weighted by Crippen LogP contribution is -2.32. The summed E-state index contributed by atoms with van der Waals surface area (Å²) >= 11 is 0. The predicted octanol–water partition coefficient (Wildman–Crippen LogP) is 6.13. The fraction of sp³-hybridized carbons (Fsp3) is 0.292. The summed E-state index contributed by atoms with van der Waals surface area (Å²) in [6.07, 6.45) is 2.23. The quantitative estimate of drug-likeness (QED) is 0.400. The second-order valence-corrected chi connectivity index (χ2v) is 7.75. The SMILES string of the molecule is Cc1c[n+](C)c(-c2c(C)cc(C)c3c2oc2ccccc23)cc1C(C)C. The van der Waals surface area contributed by atoms with Crippen molar-refractivity contribution in [1.29, 1.82) is 0 Å². The maximum atomic E-state index is 6.37. The first-order valence-electron chi connectivity index (χ1n) is 9.30. The van der Waals surface area contributed by atoms with Crippen LogP contribution in [0.5, 0.6) is 0 Å². The van der Waals surface area contributed by atoms with E-state index in [1.165, 1.54) is 44.3 Å². The van der Waals surface area contributed by atoms with Gasteiger partial charge in [0.25, 0.3) is 0 Å². The highest BCUT2D eigenvalue weighted by Gasteiger charge is 2.23. The molecular weight excluding hydrogens is 318 g/mol. The standard InChI is InChI=1S/C24H26NO/c1-14(2)19-12-20(25(6)13-17(19)5)23-16(4)11-15(3)22-18-9-7-8-10-21(18)26-24(22)23/h7-14H,1-6H3/q+1. The summed E-state index contributed by atoms with van der Waals surface area (Å²) in [5.41, 5.74) is 9.61. The second-order valence-electron chi connectivity index (χ2n) is 7.75. The van der Waals surface area contributed by atoms with E-state index < -0.39 is 0 Å². The largest absolute Gasteiger partial charge is 0.455 e. The normalized spacial score (nSPS) is 11.8. The van der Waals surface area contributed by atoms with Crippen molar-refractivity contribution in [3.63, 3.8) is 0 Å². The van der Waals surface area contributed by atoms with Gasteiger partial charge in [0, 0.05) is 22.4 Å². The zero-order valence-corrected chi connectivity index (χ0v) is 16.5. The molecule has 26 heavy (non-hydrogen) atoms. The molecule has 2 nitrogen and oxygen atoms in total. The second kappa shape index (κ2) is 5.98. The Morgan fingerprint density at radius 3 is 2.38 bits per heavy atom. The van der Waals surface area contributed by atoms with Gasteiger partial charge in [0.1, 0.15) is 18.2 Å². The average Bonchev–Trinajstić information content (AvgIpc) is 2.95. The minimum absolute atomic E-state index is 0.492. The zero-order chi connectivity index (χ0) is 18.6. The third-order valence-corrected chi connectivity index (χ3v) is 5.44. The smallest absolute Gasteiger partial charge is 0.216 e. The molecule has 0 amide bonds. The van der Waals surface area contributed by atoms with Crippen molar-refractivity contribution in [2.24, 2.45) is 7.05 Å². The van der Waals surface area contributed by atoms with Crippen molar-refractivity contribution >= 4 is 21.9 Å². The highest BCUT2D eigenvalue weighted by atomic mass is 16.3. The van der Waals surface area contributed by atoms with Crippen LogP contribution in [0.4, 0.5) is 0 Å². The Balaban J connectivity index is 2.14. The van der Waals surface area contributed by atoms with E-state index in [9.17, 15) is 0 Å². The third kappa shape index (κ3) is 2.44. The van der Waals surface area contributed by atoms with Gasteiger partial charge >= 0.3 is 0 Å². The average molecular weight is 344 g/mol. The Bertz CT molecular complexity index is 1150. The van der Waals surface area contributed by atoms with Crippen LogP contribution >= 0.6 is 0 Å². The highest BCUT2D eigenvalue weighted by Crippen LogP contribution is 2.39. The van der Waals surface area contributed by atoms with Gasteiger partial charge in [-0.2, -0.15) is 0 Å². The number of aromatic nitrogens is 1. The molecule has 0 radical (unpaired) electrons. The molecule has 0 aliphatic rings. The molecule has 0 bridgehead atoms. The molecular formula is C24H26NO+. The molecule has 2 aromatic heterocycles. The summed E-state index contributed by atoms with van der Waals surface area (Å²) in [6.45, 7) is 11.1. The van der Waals surface area contributed by atoms with Gasteiger partial charge in [0.2, 0.25) is 5.69 Å². The van der Waals surface area contributed by atoms with Crippen LogP contribution in [0.1, 0.15) is 42.0 Å². The van der Waals surface area contributed by atoms with Crippen LogP contribution in [0.2, 0.25) is 0 Å². The summed E-state index contributed by atoms with van der Waals surface area (Å²) in [5.74, 6) is 0.492. The molecule has 0 aliphatic carbocycles. The van der Waals surface area contributed by atoms with E-state index in [0.29, 0.717) is 5.92 Å². The van der Waals surface area contributed by atoms with Gasteiger partial charge in [-0.15, -0.1) is 0 Å². The molecule has 2 heterocycles. The number of hydrogen-bond donors (Lipinski definition) is 0. The van der Waals surface area contributed by atoms with E-state index in [0.717, 1.165) is 11.2 Å². The highest BCUT2D eigenvalue weighted by molar-refractivity contribution is 6.11. The fourth-order valence-corrected chi connectivity index (χ4v) is 4.25. The van der Waals surface area contributed by atoms with E-state index in [1.54, 1.807) is 0 Å². The van der Waals surface area contributed by atoms with Crippen molar-refractivity contribution in [3.8, 4) is 11.3 Å². The monoisotopic (exact) mass is 344 g/mol. The number of nitrogens with zero attached hydrogens (tertiary/aromatic N) is 1. The fourth-order valence-electron chi connectivity index (χ4n) is 4.25. The van der Waals surface area contributed by atoms with E-state index in [1.807, 2.05) is 6.07 Å². The molecule has 0 N–H and O–H groups in total. The van der Waals surface area contributed by atoms with Crippen LogP contribution in [-0.4, -0.2) is 0 Å². The molecule has 2 heteroatoms. The first-order valence-corrected chi connectivity index (χ1v) is 9.30. The Kier molecular flexibility index (Phi) is 3.87. The number of furan rings is 1. The van der Waals surface area contributed by atoms with Crippen molar-refractivity contribution in [2.75, 3.05) is 0 Å². The number of fused-ring (bicyclic) bond motifs is 3. The Labute approximate surface area is 155 Å². The molecule has 2 aromatic carbocycles. The molecule has 0 saturated carbocycles. The lowest BCUT2D eigenvalue weighted by atomic mass is 9.93. The number of pyridine rings is 1. The van der Waals surface area contributed by atoms with Crippen LogP contribution in [-0.2, 0) is 7.05 Å². The summed E-state index contributed by atoms with van der Waals surface area (Å²) in [5, 5.41) is 2.42. The molecule has 132 valence electrons. The van der Waals surface area contributed by atoms with Crippen LogP contribution in [0.15, 0.2) is 47.0 Å². The minimum Gasteiger partial charge on any atom is -0.455 e. The summed E-state index contributed by atoms with van der Waals surface area (Å²) in [6, 6.07) is 13.0. The van der Waals surface area contributed by atoms with Crippen LogP contribution in [0.25, 0.3) is 33.2 Å². The predicted molar refractivity (Wildman–Crippen MR) is 109 cm³/mol. The summed E-state index contributed by atoms with van der Waals surface area (Å²) < 4.78 is 8.60.